The third-order valence-electron chi connectivity index (χ3n) is 3.14. The molecular weight excluding hydrogens is 269 g/mol. The first-order valence-corrected chi connectivity index (χ1v) is 7.14. The van der Waals surface area contributed by atoms with Gasteiger partial charge in [0.25, 0.3) is 0 Å². The largest absolute Gasteiger partial charge is 0.476 e. The lowest BCUT2D eigenvalue weighted by Gasteiger charge is -2.22. The molecule has 2 radical (unpaired) electrons. The van der Waals surface area contributed by atoms with Gasteiger partial charge in [0.1, 0.15) is 20.5 Å². The predicted molar refractivity (Wildman–Crippen MR) is 80.3 cm³/mol. The van der Waals surface area contributed by atoms with Gasteiger partial charge in [0.05, 0.1) is 0 Å². The topological polar surface area (TPSA) is 88.2 Å². The molecule has 21 heavy (non-hydrogen) atoms. The zero-order chi connectivity index (χ0) is 15.2. The highest BCUT2D eigenvalue weighted by Crippen LogP contribution is 2.25. The van der Waals surface area contributed by atoms with E-state index in [0.717, 1.165) is 31.2 Å². The van der Waals surface area contributed by atoms with Gasteiger partial charge >= 0.3 is 0 Å². The van der Waals surface area contributed by atoms with E-state index in [1.54, 1.807) is 12.2 Å². The minimum absolute atomic E-state index is 0.178. The molecule has 0 unspecified atom stereocenters. The summed E-state index contributed by atoms with van der Waals surface area (Å²) in [5.74, 6) is -0.0530. The minimum Gasteiger partial charge on any atom is -0.476 e. The van der Waals surface area contributed by atoms with Crippen LogP contribution in [0, 0.1) is 0 Å². The number of amides is 1. The van der Waals surface area contributed by atoms with E-state index in [-0.39, 0.29) is 12.6 Å². The fourth-order valence-corrected chi connectivity index (χ4v) is 1.91. The molecule has 0 bridgehead atoms. The van der Waals surface area contributed by atoms with Crippen LogP contribution < -0.4 is 5.73 Å². The van der Waals surface area contributed by atoms with E-state index in [9.17, 15) is 9.90 Å². The van der Waals surface area contributed by atoms with Crippen molar-refractivity contribution in [2.45, 2.75) is 44.4 Å². The van der Waals surface area contributed by atoms with E-state index >= 15 is 0 Å². The molecule has 1 amide bonds. The molecule has 0 saturated heterocycles. The van der Waals surface area contributed by atoms with Gasteiger partial charge in [0.15, 0.2) is 6.23 Å². The second-order valence-corrected chi connectivity index (χ2v) is 5.27. The molecule has 2 aliphatic rings. The van der Waals surface area contributed by atoms with Crippen molar-refractivity contribution in [1.82, 2.24) is 5.01 Å². The number of nitrogens with zero attached hydrogens (tertiary/aromatic N) is 2. The Bertz CT molecular complexity index is 472. The summed E-state index contributed by atoms with van der Waals surface area (Å²) in [6, 6.07) is 0. The molecule has 1 aliphatic carbocycles. The van der Waals surface area contributed by atoms with Crippen LogP contribution in [0.5, 0.6) is 0 Å². The SMILES string of the molecule is [B]/C1=C/C=C/[C@H](O)N(CC(N)=O)/N=C(/OC2CC2)CCC1. The summed E-state index contributed by atoms with van der Waals surface area (Å²) in [5.41, 5.74) is 5.93. The number of carbonyl (C=O) groups excluding carboxylic acids is 1. The standard InChI is InChI=1S/C14H20BN3O3/c15-10-3-1-5-13(21-11-7-8-11)17-18(9-12(16)19)14(20)6-2-4-10/h2,4,6,11,14,20H,1,3,5,7-9H2,(H2,16,19)/b6-2+,10-4+,17-13+/t14-/m0/s1. The molecule has 1 fully saturated rings. The molecule has 0 aromatic carbocycles. The van der Waals surface area contributed by atoms with Crippen LogP contribution in [0.4, 0.5) is 0 Å². The number of aliphatic hydroxyl groups is 1. The smallest absolute Gasteiger partial charge is 0.238 e. The first kappa shape index (κ1) is 15.6. The Balaban J connectivity index is 2.18. The molecule has 0 aromatic rings. The number of hydrazone groups is 1. The van der Waals surface area contributed by atoms with Crippen LogP contribution in [0.1, 0.15) is 32.1 Å². The van der Waals surface area contributed by atoms with Crippen molar-refractivity contribution < 1.29 is 14.6 Å². The summed E-state index contributed by atoms with van der Waals surface area (Å²) in [6.07, 6.45) is 8.17. The summed E-state index contributed by atoms with van der Waals surface area (Å²) in [5, 5.41) is 15.6. The van der Waals surface area contributed by atoms with Gasteiger partial charge in [-0.25, -0.2) is 0 Å². The summed E-state index contributed by atoms with van der Waals surface area (Å²) < 4.78 is 5.73. The lowest BCUT2D eigenvalue weighted by Crippen LogP contribution is -2.37. The monoisotopic (exact) mass is 289 g/mol. The fourth-order valence-electron chi connectivity index (χ4n) is 1.91. The number of aliphatic hydroxyl groups excluding tert-OH is 1. The molecule has 2 rings (SSSR count). The summed E-state index contributed by atoms with van der Waals surface area (Å²) in [4.78, 5) is 11.1. The van der Waals surface area contributed by atoms with Crippen molar-refractivity contribution >= 4 is 19.7 Å². The molecule has 7 heteroatoms. The van der Waals surface area contributed by atoms with Crippen molar-refractivity contribution in [2.24, 2.45) is 10.8 Å². The fraction of sp³-hybridized carbons (Fsp3) is 0.571. The van der Waals surface area contributed by atoms with Gasteiger partial charge in [0, 0.05) is 6.42 Å². The normalized spacial score (nSPS) is 30.3. The van der Waals surface area contributed by atoms with Gasteiger partial charge in [-0.15, -0.1) is 10.6 Å². The van der Waals surface area contributed by atoms with Crippen molar-refractivity contribution in [3.05, 3.63) is 23.7 Å². The van der Waals surface area contributed by atoms with E-state index in [2.05, 4.69) is 5.10 Å². The Kier molecular flexibility index (Phi) is 5.44. The number of primary amides is 1. The highest BCUT2D eigenvalue weighted by Gasteiger charge is 2.26. The Morgan fingerprint density at radius 1 is 1.52 bits per heavy atom. The lowest BCUT2D eigenvalue weighted by atomic mass is 9.90. The Morgan fingerprint density at radius 3 is 2.95 bits per heavy atom. The van der Waals surface area contributed by atoms with Gasteiger partial charge < -0.3 is 15.6 Å². The first-order valence-electron chi connectivity index (χ1n) is 7.14. The van der Waals surface area contributed by atoms with Gasteiger partial charge in [-0.1, -0.05) is 12.2 Å². The van der Waals surface area contributed by atoms with Crippen LogP contribution in [0.2, 0.25) is 0 Å². The minimum atomic E-state index is -1.06. The quantitative estimate of drug-likeness (QED) is 0.735. The Hall–Kier alpha value is -1.76. The first-order chi connectivity index (χ1) is 10.0. The van der Waals surface area contributed by atoms with Crippen LogP contribution in [0.25, 0.3) is 0 Å². The van der Waals surface area contributed by atoms with Crippen LogP contribution >= 0.6 is 0 Å². The van der Waals surface area contributed by atoms with Crippen LogP contribution in [-0.2, 0) is 9.53 Å². The molecule has 1 aliphatic heterocycles. The van der Waals surface area contributed by atoms with Crippen molar-refractivity contribution in [1.29, 1.82) is 0 Å². The van der Waals surface area contributed by atoms with E-state index in [4.69, 9.17) is 18.3 Å². The predicted octanol–water partition coefficient (Wildman–Crippen LogP) is 0.377. The number of carbonyl (C=O) groups is 1. The highest BCUT2D eigenvalue weighted by molar-refractivity contribution is 6.21. The van der Waals surface area contributed by atoms with Gasteiger partial charge in [-0.05, 0) is 31.8 Å². The average Bonchev–Trinajstić information content (AvgIpc) is 3.20. The van der Waals surface area contributed by atoms with Gasteiger partial charge in [0.2, 0.25) is 11.8 Å². The molecule has 3 N–H and O–H groups in total. The number of nitrogens with two attached hydrogens (primary N) is 1. The number of hydrogen-bond donors (Lipinski definition) is 2. The number of rotatable bonds is 3. The van der Waals surface area contributed by atoms with E-state index in [1.165, 1.54) is 11.1 Å². The third kappa shape index (κ3) is 5.63. The Labute approximate surface area is 125 Å². The number of allylic oxidation sites excluding steroid dienone is 3. The number of ether oxygens (including phenoxy) is 1. The second kappa shape index (κ2) is 7.31. The van der Waals surface area contributed by atoms with E-state index in [0.29, 0.717) is 12.3 Å². The maximum Gasteiger partial charge on any atom is 0.238 e. The maximum absolute atomic E-state index is 11.1. The number of hydrogen-bond acceptors (Lipinski definition) is 5. The summed E-state index contributed by atoms with van der Waals surface area (Å²) >= 11 is 0. The molecule has 6 nitrogen and oxygen atoms in total. The van der Waals surface area contributed by atoms with E-state index in [1.807, 2.05) is 0 Å². The van der Waals surface area contributed by atoms with Crippen molar-refractivity contribution in [3.63, 3.8) is 0 Å². The summed E-state index contributed by atoms with van der Waals surface area (Å²) in [7, 11) is 5.86. The lowest BCUT2D eigenvalue weighted by molar-refractivity contribution is -0.121. The average molecular weight is 289 g/mol. The third-order valence-corrected chi connectivity index (χ3v) is 3.14. The van der Waals surface area contributed by atoms with Crippen LogP contribution in [0.3, 0.4) is 0 Å². The second-order valence-electron chi connectivity index (χ2n) is 5.27. The summed E-state index contributed by atoms with van der Waals surface area (Å²) in [6.45, 7) is -0.178. The van der Waals surface area contributed by atoms with Crippen LogP contribution in [0.15, 0.2) is 28.8 Å². The zero-order valence-corrected chi connectivity index (χ0v) is 11.9. The Morgan fingerprint density at radius 2 is 2.29 bits per heavy atom. The van der Waals surface area contributed by atoms with E-state index < -0.39 is 12.1 Å². The van der Waals surface area contributed by atoms with Crippen LogP contribution in [-0.4, -0.2) is 48.6 Å². The van der Waals surface area contributed by atoms with Gasteiger partial charge in [-0.2, -0.15) is 0 Å². The van der Waals surface area contributed by atoms with Crippen molar-refractivity contribution in [2.75, 3.05) is 6.54 Å². The molecule has 0 spiro atoms. The molecule has 112 valence electrons. The molecule has 1 saturated carbocycles. The molecule has 1 atom stereocenters. The zero-order valence-electron chi connectivity index (χ0n) is 11.9. The van der Waals surface area contributed by atoms with Crippen molar-refractivity contribution in [3.8, 4) is 0 Å². The molecular formula is C14H20BN3O3. The molecule has 1 heterocycles. The maximum atomic E-state index is 11.1. The molecule has 0 aromatic heterocycles. The highest BCUT2D eigenvalue weighted by atomic mass is 16.5. The van der Waals surface area contributed by atoms with Gasteiger partial charge in [-0.3, -0.25) is 9.80 Å².